The molecule has 1 atom stereocenters. The van der Waals surface area contributed by atoms with E-state index in [0.29, 0.717) is 17.0 Å². The normalized spacial score (nSPS) is 11.6. The van der Waals surface area contributed by atoms with Crippen LogP contribution in [0.3, 0.4) is 0 Å². The molecule has 0 bridgehead atoms. The number of rotatable bonds is 9. The molecule has 8 heteroatoms. The topological polar surface area (TPSA) is 118 Å². The lowest BCUT2D eigenvalue weighted by Gasteiger charge is -2.16. The van der Waals surface area contributed by atoms with Gasteiger partial charge < -0.3 is 19.6 Å². The quantitative estimate of drug-likeness (QED) is 0.586. The van der Waals surface area contributed by atoms with E-state index < -0.39 is 23.9 Å². The van der Waals surface area contributed by atoms with Crippen molar-refractivity contribution >= 4 is 23.5 Å². The van der Waals surface area contributed by atoms with Crippen molar-refractivity contribution in [1.82, 2.24) is 5.32 Å². The summed E-state index contributed by atoms with van der Waals surface area (Å²) in [5, 5.41) is 14.5. The van der Waals surface area contributed by atoms with Gasteiger partial charge in [0.2, 0.25) is 5.91 Å². The molecule has 2 aromatic rings. The average Bonchev–Trinajstić information content (AvgIpc) is 3.12. The zero-order valence-corrected chi connectivity index (χ0v) is 14.2. The Balaban J connectivity index is 1.98. The van der Waals surface area contributed by atoms with Gasteiger partial charge in [-0.15, -0.1) is 0 Å². The number of carbonyl (C=O) groups excluding carboxylic acids is 2. The zero-order chi connectivity index (χ0) is 18.9. The van der Waals surface area contributed by atoms with Crippen molar-refractivity contribution in [2.45, 2.75) is 25.9 Å². The lowest BCUT2D eigenvalue weighted by molar-refractivity contribution is -0.139. The minimum absolute atomic E-state index is 0.222. The van der Waals surface area contributed by atoms with E-state index in [4.69, 9.17) is 14.3 Å². The van der Waals surface area contributed by atoms with Crippen LogP contribution in [0, 0.1) is 0 Å². The highest BCUT2D eigenvalue weighted by Crippen LogP contribution is 2.12. The molecule has 1 aromatic heterocycles. The van der Waals surface area contributed by atoms with Crippen LogP contribution in [-0.4, -0.2) is 35.6 Å². The van der Waals surface area contributed by atoms with Gasteiger partial charge in [-0.1, -0.05) is 0 Å². The molecule has 0 radical (unpaired) electrons. The molecule has 1 amide bonds. The van der Waals surface area contributed by atoms with Crippen molar-refractivity contribution < 1.29 is 28.6 Å². The van der Waals surface area contributed by atoms with Crippen molar-refractivity contribution in [3.8, 4) is 0 Å². The maximum absolute atomic E-state index is 12.4. The summed E-state index contributed by atoms with van der Waals surface area (Å²) in [4.78, 5) is 35.0. The van der Waals surface area contributed by atoms with Gasteiger partial charge in [-0.25, -0.2) is 4.79 Å². The molecular weight excluding hydrogens is 340 g/mol. The predicted octanol–water partition coefficient (Wildman–Crippen LogP) is 2.03. The van der Waals surface area contributed by atoms with Gasteiger partial charge in [0.1, 0.15) is 5.76 Å². The summed E-state index contributed by atoms with van der Waals surface area (Å²) in [6.45, 7) is 2.21. The molecule has 26 heavy (non-hydrogen) atoms. The molecule has 0 aliphatic rings. The van der Waals surface area contributed by atoms with E-state index in [-0.39, 0.29) is 19.6 Å². The maximum Gasteiger partial charge on any atom is 0.338 e. The van der Waals surface area contributed by atoms with Crippen LogP contribution in [0.4, 0.5) is 5.69 Å². The van der Waals surface area contributed by atoms with Crippen LogP contribution >= 0.6 is 0 Å². The predicted molar refractivity (Wildman–Crippen MR) is 92.6 cm³/mol. The Bertz CT molecular complexity index is 740. The van der Waals surface area contributed by atoms with Gasteiger partial charge in [0.05, 0.1) is 37.4 Å². The van der Waals surface area contributed by atoms with Gasteiger partial charge in [-0.05, 0) is 43.3 Å². The highest BCUT2D eigenvalue weighted by molar-refractivity contribution is 5.97. The fraction of sp³-hybridized carbons (Fsp3) is 0.278. The third kappa shape index (κ3) is 5.75. The third-order valence-electron chi connectivity index (χ3n) is 3.46. The first-order valence-corrected chi connectivity index (χ1v) is 8.05. The minimum atomic E-state index is -1.10. The molecule has 0 aliphatic carbocycles. The fourth-order valence-corrected chi connectivity index (χ4v) is 2.20. The number of esters is 1. The van der Waals surface area contributed by atoms with E-state index >= 15 is 0 Å². The Kier molecular flexibility index (Phi) is 6.92. The van der Waals surface area contributed by atoms with Crippen LogP contribution in [0.25, 0.3) is 0 Å². The van der Waals surface area contributed by atoms with E-state index in [1.807, 2.05) is 0 Å². The van der Waals surface area contributed by atoms with E-state index in [9.17, 15) is 14.4 Å². The van der Waals surface area contributed by atoms with Crippen molar-refractivity contribution in [2.75, 3.05) is 11.9 Å². The second-order valence-electron chi connectivity index (χ2n) is 5.40. The van der Waals surface area contributed by atoms with Crippen LogP contribution in [-0.2, 0) is 20.9 Å². The smallest absolute Gasteiger partial charge is 0.338 e. The number of furan rings is 1. The molecule has 0 spiro atoms. The van der Waals surface area contributed by atoms with Crippen molar-refractivity contribution in [3.05, 3.63) is 54.0 Å². The highest BCUT2D eigenvalue weighted by atomic mass is 16.5. The lowest BCUT2D eigenvalue weighted by atomic mass is 10.1. The van der Waals surface area contributed by atoms with Gasteiger partial charge in [0.25, 0.3) is 0 Å². The number of hydrogen-bond acceptors (Lipinski definition) is 6. The molecule has 1 aromatic carbocycles. The second kappa shape index (κ2) is 9.38. The SMILES string of the molecule is CCOC(=O)c1ccc(NC(=O)[C@@H](CC(=O)O)NCc2ccco2)cc1. The first-order valence-electron chi connectivity index (χ1n) is 8.05. The minimum Gasteiger partial charge on any atom is -0.481 e. The molecule has 0 saturated carbocycles. The van der Waals surface area contributed by atoms with Gasteiger partial charge in [0.15, 0.2) is 0 Å². The van der Waals surface area contributed by atoms with Crippen LogP contribution in [0.15, 0.2) is 47.1 Å². The lowest BCUT2D eigenvalue weighted by Crippen LogP contribution is -2.41. The summed E-state index contributed by atoms with van der Waals surface area (Å²) < 4.78 is 10.0. The second-order valence-corrected chi connectivity index (χ2v) is 5.40. The standard InChI is InChI=1S/C18H20N2O6/c1-2-25-18(24)12-5-7-13(8-6-12)20-17(23)15(10-16(21)22)19-11-14-4-3-9-26-14/h3-9,15,19H,2,10-11H2,1H3,(H,20,23)(H,21,22)/t15-/m1/s1. The summed E-state index contributed by atoms with van der Waals surface area (Å²) in [6, 6.07) is 8.63. The molecule has 0 aliphatic heterocycles. The molecule has 0 fully saturated rings. The molecule has 8 nitrogen and oxygen atoms in total. The van der Waals surface area contributed by atoms with Gasteiger partial charge >= 0.3 is 11.9 Å². The van der Waals surface area contributed by atoms with Crippen molar-refractivity contribution in [3.63, 3.8) is 0 Å². The zero-order valence-electron chi connectivity index (χ0n) is 14.2. The van der Waals surface area contributed by atoms with Gasteiger partial charge in [0, 0.05) is 5.69 Å². The number of nitrogens with one attached hydrogen (secondary N) is 2. The monoisotopic (exact) mass is 360 g/mol. The Morgan fingerprint density at radius 3 is 2.50 bits per heavy atom. The number of benzene rings is 1. The number of ether oxygens (including phenoxy) is 1. The fourth-order valence-electron chi connectivity index (χ4n) is 2.20. The summed E-state index contributed by atoms with van der Waals surface area (Å²) in [5.41, 5.74) is 0.807. The van der Waals surface area contributed by atoms with Crippen LogP contribution in [0.5, 0.6) is 0 Å². The Hall–Kier alpha value is -3.13. The van der Waals surface area contributed by atoms with E-state index in [1.54, 1.807) is 31.2 Å². The first kappa shape index (κ1) is 19.2. The summed E-state index contributed by atoms with van der Waals surface area (Å²) in [6.07, 6.45) is 1.11. The molecule has 138 valence electrons. The number of anilines is 1. The maximum atomic E-state index is 12.4. The first-order chi connectivity index (χ1) is 12.5. The number of carboxylic acid groups (broad SMARTS) is 1. The molecule has 1 heterocycles. The Morgan fingerprint density at radius 2 is 1.92 bits per heavy atom. The number of carbonyl (C=O) groups is 3. The summed E-state index contributed by atoms with van der Waals surface area (Å²) in [7, 11) is 0. The number of hydrogen-bond donors (Lipinski definition) is 3. The Morgan fingerprint density at radius 1 is 1.19 bits per heavy atom. The van der Waals surface area contributed by atoms with E-state index in [0.717, 1.165) is 0 Å². The van der Waals surface area contributed by atoms with Gasteiger partial charge in [-0.3, -0.25) is 14.9 Å². The Labute approximate surface area is 150 Å². The summed E-state index contributed by atoms with van der Waals surface area (Å²) in [5.74, 6) is -1.46. The third-order valence-corrected chi connectivity index (χ3v) is 3.46. The molecule has 0 saturated heterocycles. The highest BCUT2D eigenvalue weighted by Gasteiger charge is 2.22. The van der Waals surface area contributed by atoms with Gasteiger partial charge in [-0.2, -0.15) is 0 Å². The molecular formula is C18H20N2O6. The number of amides is 1. The van der Waals surface area contributed by atoms with Crippen LogP contribution < -0.4 is 10.6 Å². The molecule has 2 rings (SSSR count). The molecule has 3 N–H and O–H groups in total. The number of carboxylic acids is 1. The van der Waals surface area contributed by atoms with Crippen molar-refractivity contribution in [1.29, 1.82) is 0 Å². The van der Waals surface area contributed by atoms with Crippen molar-refractivity contribution in [2.24, 2.45) is 0 Å². The van der Waals surface area contributed by atoms with E-state index in [2.05, 4.69) is 10.6 Å². The number of aliphatic carboxylic acids is 1. The average molecular weight is 360 g/mol. The van der Waals surface area contributed by atoms with Crippen LogP contribution in [0.2, 0.25) is 0 Å². The summed E-state index contributed by atoms with van der Waals surface area (Å²) >= 11 is 0. The van der Waals surface area contributed by atoms with Crippen LogP contribution in [0.1, 0.15) is 29.5 Å². The van der Waals surface area contributed by atoms with E-state index in [1.165, 1.54) is 18.4 Å². The largest absolute Gasteiger partial charge is 0.481 e. The molecule has 0 unspecified atom stereocenters.